The molecule has 0 aromatic carbocycles. The number of hydrogen-bond acceptors (Lipinski definition) is 3. The van der Waals surface area contributed by atoms with Gasteiger partial charge in [-0.15, -0.1) is 0 Å². The molecule has 0 bridgehead atoms. The van der Waals surface area contributed by atoms with E-state index in [1.54, 1.807) is 19.4 Å². The SMILES string of the molecule is COc1ccc(C#CCCCC#N)cn1. The molecule has 0 fully saturated rings. The number of ether oxygens (including phenoxy) is 1. The van der Waals surface area contributed by atoms with Crippen molar-refractivity contribution in [2.75, 3.05) is 7.11 Å². The average Bonchev–Trinajstić information content (AvgIpc) is 2.30. The third-order valence-electron chi connectivity index (χ3n) is 1.77. The Bertz CT molecular complexity index is 392. The second-order valence-corrected chi connectivity index (χ2v) is 2.90. The van der Waals surface area contributed by atoms with Gasteiger partial charge in [-0.05, 0) is 12.5 Å². The molecule has 0 amide bonds. The Morgan fingerprint density at radius 3 is 2.87 bits per heavy atom. The summed E-state index contributed by atoms with van der Waals surface area (Å²) in [4.78, 5) is 4.04. The first-order chi connectivity index (χ1) is 7.36. The molecule has 76 valence electrons. The molecule has 0 aliphatic rings. The van der Waals surface area contributed by atoms with Gasteiger partial charge in [0.05, 0.1) is 13.2 Å². The van der Waals surface area contributed by atoms with Crippen molar-refractivity contribution in [1.82, 2.24) is 4.98 Å². The molecule has 0 atom stereocenters. The van der Waals surface area contributed by atoms with E-state index >= 15 is 0 Å². The number of aromatic nitrogens is 1. The van der Waals surface area contributed by atoms with Crippen LogP contribution in [0, 0.1) is 23.2 Å². The molecule has 3 heteroatoms. The first-order valence-electron chi connectivity index (χ1n) is 4.72. The van der Waals surface area contributed by atoms with Crippen LogP contribution in [0.2, 0.25) is 0 Å². The van der Waals surface area contributed by atoms with Gasteiger partial charge < -0.3 is 4.74 Å². The van der Waals surface area contributed by atoms with Gasteiger partial charge in [-0.3, -0.25) is 0 Å². The normalized spacial score (nSPS) is 8.53. The van der Waals surface area contributed by atoms with E-state index < -0.39 is 0 Å². The molecule has 0 unspecified atom stereocenters. The molecule has 0 aliphatic carbocycles. The van der Waals surface area contributed by atoms with Gasteiger partial charge in [0, 0.05) is 30.7 Å². The number of methoxy groups -OCH3 is 1. The minimum Gasteiger partial charge on any atom is -0.481 e. The quantitative estimate of drug-likeness (QED) is 0.554. The standard InChI is InChI=1S/C12H12N2O/c1-15-12-8-7-11(10-14-12)6-4-2-3-5-9-13/h7-8,10H,2-3,5H2,1H3. The van der Waals surface area contributed by atoms with Crippen molar-refractivity contribution in [3.05, 3.63) is 23.9 Å². The molecule has 0 radical (unpaired) electrons. The van der Waals surface area contributed by atoms with Crippen LogP contribution in [-0.4, -0.2) is 12.1 Å². The predicted molar refractivity (Wildman–Crippen MR) is 57.1 cm³/mol. The van der Waals surface area contributed by atoms with Crippen molar-refractivity contribution in [3.8, 4) is 23.8 Å². The fourth-order valence-electron chi connectivity index (χ4n) is 0.995. The van der Waals surface area contributed by atoms with Gasteiger partial charge in [0.2, 0.25) is 5.88 Å². The lowest BCUT2D eigenvalue weighted by molar-refractivity contribution is 0.398. The minimum atomic E-state index is 0.565. The molecule has 0 aliphatic heterocycles. The smallest absolute Gasteiger partial charge is 0.212 e. The van der Waals surface area contributed by atoms with Crippen LogP contribution >= 0.6 is 0 Å². The van der Waals surface area contributed by atoms with Gasteiger partial charge in [0.1, 0.15) is 0 Å². The van der Waals surface area contributed by atoms with Gasteiger partial charge in [-0.2, -0.15) is 5.26 Å². The molecule has 1 rings (SSSR count). The lowest BCUT2D eigenvalue weighted by atomic mass is 10.2. The summed E-state index contributed by atoms with van der Waals surface area (Å²) in [5.41, 5.74) is 0.868. The van der Waals surface area contributed by atoms with Gasteiger partial charge in [-0.1, -0.05) is 11.8 Å². The number of hydrogen-bond donors (Lipinski definition) is 0. The molecule has 0 N–H and O–H groups in total. The average molecular weight is 200 g/mol. The Balaban J connectivity index is 2.46. The fourth-order valence-corrected chi connectivity index (χ4v) is 0.995. The van der Waals surface area contributed by atoms with E-state index in [1.807, 2.05) is 6.07 Å². The number of nitriles is 1. The van der Waals surface area contributed by atoms with Crippen molar-refractivity contribution in [3.63, 3.8) is 0 Å². The van der Waals surface area contributed by atoms with E-state index in [9.17, 15) is 0 Å². The molecule has 0 saturated heterocycles. The van der Waals surface area contributed by atoms with Crippen LogP contribution in [0.4, 0.5) is 0 Å². The summed E-state index contributed by atoms with van der Waals surface area (Å²) >= 11 is 0. The second-order valence-electron chi connectivity index (χ2n) is 2.90. The van der Waals surface area contributed by atoms with E-state index in [1.165, 1.54) is 0 Å². The van der Waals surface area contributed by atoms with Crippen molar-refractivity contribution < 1.29 is 4.74 Å². The molecule has 1 aromatic heterocycles. The highest BCUT2D eigenvalue weighted by Gasteiger charge is 1.90. The molecular weight excluding hydrogens is 188 g/mol. The molecule has 1 aromatic rings. The van der Waals surface area contributed by atoms with Crippen LogP contribution in [0.3, 0.4) is 0 Å². The van der Waals surface area contributed by atoms with E-state index in [0.29, 0.717) is 12.3 Å². The molecule has 3 nitrogen and oxygen atoms in total. The first kappa shape index (κ1) is 11.1. The topological polar surface area (TPSA) is 45.9 Å². The Hall–Kier alpha value is -2.00. The third kappa shape index (κ3) is 4.15. The maximum atomic E-state index is 8.32. The summed E-state index contributed by atoms with van der Waals surface area (Å²) in [6.07, 6.45) is 3.82. The van der Waals surface area contributed by atoms with E-state index in [-0.39, 0.29) is 0 Å². The van der Waals surface area contributed by atoms with Crippen LogP contribution in [0.1, 0.15) is 24.8 Å². The predicted octanol–water partition coefficient (Wildman–Crippen LogP) is 2.14. The van der Waals surface area contributed by atoms with Crippen molar-refractivity contribution in [2.24, 2.45) is 0 Å². The zero-order valence-corrected chi connectivity index (χ0v) is 8.66. The van der Waals surface area contributed by atoms with Crippen LogP contribution < -0.4 is 4.74 Å². The number of rotatable bonds is 3. The minimum absolute atomic E-state index is 0.565. The van der Waals surface area contributed by atoms with Crippen molar-refractivity contribution in [2.45, 2.75) is 19.3 Å². The lowest BCUT2D eigenvalue weighted by Crippen LogP contribution is -1.86. The van der Waals surface area contributed by atoms with Crippen molar-refractivity contribution >= 4 is 0 Å². The first-order valence-corrected chi connectivity index (χ1v) is 4.72. The highest BCUT2D eigenvalue weighted by molar-refractivity contribution is 5.33. The van der Waals surface area contributed by atoms with Gasteiger partial charge in [-0.25, -0.2) is 4.98 Å². The molecule has 0 spiro atoms. The largest absolute Gasteiger partial charge is 0.481 e. The number of pyridine rings is 1. The van der Waals surface area contributed by atoms with E-state index in [2.05, 4.69) is 22.9 Å². The molecular formula is C12H12N2O. The van der Waals surface area contributed by atoms with Gasteiger partial charge in [0.15, 0.2) is 0 Å². The third-order valence-corrected chi connectivity index (χ3v) is 1.77. The maximum Gasteiger partial charge on any atom is 0.212 e. The highest BCUT2D eigenvalue weighted by Crippen LogP contribution is 2.05. The highest BCUT2D eigenvalue weighted by atomic mass is 16.5. The van der Waals surface area contributed by atoms with Gasteiger partial charge >= 0.3 is 0 Å². The number of nitrogens with zero attached hydrogens (tertiary/aromatic N) is 2. The monoisotopic (exact) mass is 200 g/mol. The van der Waals surface area contributed by atoms with Crippen LogP contribution in [0.15, 0.2) is 18.3 Å². The van der Waals surface area contributed by atoms with Crippen LogP contribution in [0.5, 0.6) is 5.88 Å². The molecule has 1 heterocycles. The van der Waals surface area contributed by atoms with Crippen LogP contribution in [0.25, 0.3) is 0 Å². The van der Waals surface area contributed by atoms with Crippen molar-refractivity contribution in [1.29, 1.82) is 5.26 Å². The summed E-state index contributed by atoms with van der Waals surface area (Å²) < 4.78 is 4.93. The van der Waals surface area contributed by atoms with E-state index in [4.69, 9.17) is 10.00 Å². The summed E-state index contributed by atoms with van der Waals surface area (Å²) in [5, 5.41) is 8.32. The Labute approximate surface area is 89.7 Å². The van der Waals surface area contributed by atoms with Gasteiger partial charge in [0.25, 0.3) is 0 Å². The zero-order valence-electron chi connectivity index (χ0n) is 8.66. The fraction of sp³-hybridized carbons (Fsp3) is 0.333. The number of unbranched alkanes of at least 4 members (excludes halogenated alkanes) is 2. The summed E-state index contributed by atoms with van der Waals surface area (Å²) in [5.74, 6) is 6.56. The molecule has 15 heavy (non-hydrogen) atoms. The maximum absolute atomic E-state index is 8.32. The molecule has 0 saturated carbocycles. The second kappa shape index (κ2) is 6.45. The Kier molecular flexibility index (Phi) is 4.77. The zero-order chi connectivity index (χ0) is 10.9. The Morgan fingerprint density at radius 2 is 2.27 bits per heavy atom. The van der Waals surface area contributed by atoms with E-state index in [0.717, 1.165) is 18.4 Å². The van der Waals surface area contributed by atoms with Crippen LogP contribution in [-0.2, 0) is 0 Å². The summed E-state index contributed by atoms with van der Waals surface area (Å²) in [6.45, 7) is 0. The summed E-state index contributed by atoms with van der Waals surface area (Å²) in [7, 11) is 1.58. The lowest BCUT2D eigenvalue weighted by Gasteiger charge is -1.96. The Morgan fingerprint density at radius 1 is 1.40 bits per heavy atom. The summed E-state index contributed by atoms with van der Waals surface area (Å²) in [6, 6.07) is 5.73.